The maximum absolute atomic E-state index is 6.07. The van der Waals surface area contributed by atoms with Gasteiger partial charge < -0.3 is 0 Å². The molecule has 0 aromatic rings. The predicted molar refractivity (Wildman–Crippen MR) is 117 cm³/mol. The summed E-state index contributed by atoms with van der Waals surface area (Å²) in [7, 11) is 0. The van der Waals surface area contributed by atoms with Gasteiger partial charge in [-0.3, -0.25) is 0 Å². The fraction of sp³-hybridized carbons (Fsp3) is 0.826. The molecule has 1 rings (SSSR count). The Hall–Kier alpha value is 0.199. The van der Waals surface area contributed by atoms with E-state index in [0.717, 1.165) is 12.8 Å². The molecule has 2 nitrogen and oxygen atoms in total. The molecule has 0 N–H and O–H groups in total. The molecule has 0 amide bonds. The van der Waals surface area contributed by atoms with Crippen molar-refractivity contribution >= 4 is 18.4 Å². The molecule has 0 spiro atoms. The van der Waals surface area contributed by atoms with Crippen LogP contribution < -0.4 is 0 Å². The SMILES string of the molecule is C=C[C@H]1OC(C)(C)O[C@H]1CC/C=[CH]/[Sn]([CH2]CCC)([CH2]CCC)[CH2]CCC. The zero-order chi connectivity index (χ0) is 19.5. The van der Waals surface area contributed by atoms with E-state index in [9.17, 15) is 0 Å². The summed E-state index contributed by atoms with van der Waals surface area (Å²) >= 11 is -2.12. The van der Waals surface area contributed by atoms with Gasteiger partial charge in [0.15, 0.2) is 0 Å². The molecule has 0 radical (unpaired) electrons. The van der Waals surface area contributed by atoms with Crippen LogP contribution in [0.3, 0.4) is 0 Å². The molecule has 152 valence electrons. The molecule has 26 heavy (non-hydrogen) atoms. The number of allylic oxidation sites excluding steroid dienone is 1. The van der Waals surface area contributed by atoms with E-state index in [0.29, 0.717) is 0 Å². The first-order valence-electron chi connectivity index (χ1n) is 11.1. The molecule has 0 unspecified atom stereocenters. The Morgan fingerprint density at radius 3 is 1.92 bits per heavy atom. The van der Waals surface area contributed by atoms with Gasteiger partial charge in [-0.2, -0.15) is 0 Å². The van der Waals surface area contributed by atoms with Crippen molar-refractivity contribution in [3.8, 4) is 0 Å². The molecule has 1 saturated heterocycles. The summed E-state index contributed by atoms with van der Waals surface area (Å²) in [5, 5.41) is 0. The van der Waals surface area contributed by atoms with E-state index in [1.165, 1.54) is 38.5 Å². The van der Waals surface area contributed by atoms with E-state index in [1.807, 2.05) is 19.9 Å². The number of hydrogen-bond acceptors (Lipinski definition) is 2. The topological polar surface area (TPSA) is 18.5 Å². The fourth-order valence-corrected chi connectivity index (χ4v) is 18.6. The minimum atomic E-state index is -2.12. The van der Waals surface area contributed by atoms with Crippen molar-refractivity contribution in [2.45, 2.75) is 117 Å². The van der Waals surface area contributed by atoms with Crippen LogP contribution in [0, 0.1) is 0 Å². The van der Waals surface area contributed by atoms with E-state index in [2.05, 4.69) is 37.5 Å². The first kappa shape index (κ1) is 24.2. The van der Waals surface area contributed by atoms with Crippen molar-refractivity contribution in [3.05, 3.63) is 22.8 Å². The van der Waals surface area contributed by atoms with Crippen molar-refractivity contribution in [3.63, 3.8) is 0 Å². The van der Waals surface area contributed by atoms with Crippen LogP contribution in [-0.2, 0) is 9.47 Å². The number of hydrogen-bond donors (Lipinski definition) is 0. The summed E-state index contributed by atoms with van der Waals surface area (Å²) in [6, 6.07) is 0. The maximum atomic E-state index is 6.07. The summed E-state index contributed by atoms with van der Waals surface area (Å²) in [6.07, 6.45) is 15.1. The number of ether oxygens (including phenoxy) is 2. The van der Waals surface area contributed by atoms with Crippen LogP contribution in [0.4, 0.5) is 0 Å². The van der Waals surface area contributed by atoms with Gasteiger partial charge in [0.2, 0.25) is 0 Å². The molecule has 0 aromatic heterocycles. The number of unbranched alkanes of at least 4 members (excludes halogenated alkanes) is 3. The molecule has 1 heterocycles. The van der Waals surface area contributed by atoms with Gasteiger partial charge in [-0.05, 0) is 0 Å². The van der Waals surface area contributed by atoms with Gasteiger partial charge in [0.25, 0.3) is 0 Å². The average molecular weight is 471 g/mol. The van der Waals surface area contributed by atoms with Crippen LogP contribution >= 0.6 is 0 Å². The summed E-state index contributed by atoms with van der Waals surface area (Å²) < 4.78 is 19.4. The Balaban J connectivity index is 2.67. The first-order chi connectivity index (χ1) is 12.4. The van der Waals surface area contributed by atoms with Gasteiger partial charge >= 0.3 is 168 Å². The standard InChI is InChI=1S/C11H17O2.3C4H9.Sn/c1-5-7-8-10-9(6-2)12-11(3,4)13-10;3*1-3-4-2;/h1,5-6,9-10H,2,7-8H2,3-4H3;3*1,3-4H2,2H3;/t9-,10+;;;;/m1..../s1. The second kappa shape index (κ2) is 12.6. The molecular formula is C23H44O2Sn. The summed E-state index contributed by atoms with van der Waals surface area (Å²) in [4.78, 5) is 0. The molecule has 0 aliphatic carbocycles. The normalized spacial score (nSPS) is 23.0. The Labute approximate surface area is 167 Å². The van der Waals surface area contributed by atoms with E-state index in [-0.39, 0.29) is 12.2 Å². The molecule has 0 aromatic carbocycles. The van der Waals surface area contributed by atoms with Gasteiger partial charge in [-0.1, -0.05) is 0 Å². The summed E-state index contributed by atoms with van der Waals surface area (Å²) in [6.45, 7) is 14.9. The monoisotopic (exact) mass is 472 g/mol. The molecular weight excluding hydrogens is 427 g/mol. The molecule has 0 bridgehead atoms. The van der Waals surface area contributed by atoms with Gasteiger partial charge in [-0.15, -0.1) is 0 Å². The van der Waals surface area contributed by atoms with Crippen molar-refractivity contribution in [2.75, 3.05) is 0 Å². The van der Waals surface area contributed by atoms with E-state index >= 15 is 0 Å². The van der Waals surface area contributed by atoms with Crippen LogP contribution in [0.25, 0.3) is 0 Å². The van der Waals surface area contributed by atoms with Crippen LogP contribution in [-0.4, -0.2) is 36.4 Å². The molecule has 1 aliphatic heterocycles. The first-order valence-corrected chi connectivity index (χ1v) is 18.8. The third kappa shape index (κ3) is 8.48. The summed E-state index contributed by atoms with van der Waals surface area (Å²) in [5.74, 6) is -0.473. The van der Waals surface area contributed by atoms with Crippen LogP contribution in [0.15, 0.2) is 22.8 Å². The van der Waals surface area contributed by atoms with Crippen molar-refractivity contribution in [2.24, 2.45) is 0 Å². The zero-order valence-corrected chi connectivity index (χ0v) is 21.0. The van der Waals surface area contributed by atoms with Gasteiger partial charge in [0.1, 0.15) is 0 Å². The molecule has 1 aliphatic rings. The second-order valence-corrected chi connectivity index (χ2v) is 21.5. The quantitative estimate of drug-likeness (QED) is 0.194. The molecule has 3 heteroatoms. The third-order valence-electron chi connectivity index (χ3n) is 5.63. The molecule has 1 fully saturated rings. The Kier molecular flexibility index (Phi) is 11.8. The fourth-order valence-electron chi connectivity index (χ4n) is 4.09. The van der Waals surface area contributed by atoms with Crippen molar-refractivity contribution in [1.82, 2.24) is 0 Å². The van der Waals surface area contributed by atoms with Gasteiger partial charge in [0, 0.05) is 0 Å². The summed E-state index contributed by atoms with van der Waals surface area (Å²) in [5.41, 5.74) is 0. The average Bonchev–Trinajstić information content (AvgIpc) is 2.93. The van der Waals surface area contributed by atoms with E-state index in [1.54, 1.807) is 13.3 Å². The van der Waals surface area contributed by atoms with Gasteiger partial charge in [0.05, 0.1) is 0 Å². The minimum absolute atomic E-state index is 0.0342. The van der Waals surface area contributed by atoms with E-state index < -0.39 is 24.2 Å². The van der Waals surface area contributed by atoms with Crippen molar-refractivity contribution in [1.29, 1.82) is 0 Å². The Morgan fingerprint density at radius 1 is 0.923 bits per heavy atom. The third-order valence-corrected chi connectivity index (χ3v) is 19.9. The predicted octanol–water partition coefficient (Wildman–Crippen LogP) is 7.42. The Bertz CT molecular complexity index is 395. The molecule has 0 saturated carbocycles. The Morgan fingerprint density at radius 2 is 1.46 bits per heavy atom. The van der Waals surface area contributed by atoms with Crippen LogP contribution in [0.2, 0.25) is 13.3 Å². The van der Waals surface area contributed by atoms with Crippen LogP contribution in [0.5, 0.6) is 0 Å². The second-order valence-electron chi connectivity index (χ2n) is 8.53. The van der Waals surface area contributed by atoms with E-state index in [4.69, 9.17) is 9.47 Å². The van der Waals surface area contributed by atoms with Gasteiger partial charge in [-0.25, -0.2) is 0 Å². The van der Waals surface area contributed by atoms with Crippen LogP contribution in [0.1, 0.15) is 86.0 Å². The van der Waals surface area contributed by atoms with Crippen molar-refractivity contribution < 1.29 is 9.47 Å². The number of rotatable bonds is 14. The zero-order valence-electron chi connectivity index (χ0n) is 18.2. The molecule has 2 atom stereocenters.